The summed E-state index contributed by atoms with van der Waals surface area (Å²) in [7, 11) is 0. The first kappa shape index (κ1) is 11.2. The van der Waals surface area contributed by atoms with E-state index in [9.17, 15) is 0 Å². The minimum atomic E-state index is 0.640. The number of fused-ring (bicyclic) bond motifs is 1. The van der Waals surface area contributed by atoms with Crippen LogP contribution in [0.4, 0.5) is 0 Å². The molecule has 0 fully saturated rings. The highest BCUT2D eigenvalue weighted by molar-refractivity contribution is 6.29. The standard InChI is InChI=1S/C14H14ClN/c1-11(15)9-16-10-12-6-7-13-4-2-3-5-14(13)8-12/h2-8,16H,1,9-10H2. The molecule has 0 aromatic heterocycles. The normalized spacial score (nSPS) is 10.6. The van der Waals surface area contributed by atoms with E-state index in [-0.39, 0.29) is 0 Å². The molecule has 1 N–H and O–H groups in total. The molecule has 0 heterocycles. The Hall–Kier alpha value is -1.31. The van der Waals surface area contributed by atoms with Gasteiger partial charge in [0.25, 0.3) is 0 Å². The van der Waals surface area contributed by atoms with Crippen molar-refractivity contribution in [1.29, 1.82) is 0 Å². The van der Waals surface area contributed by atoms with Gasteiger partial charge in [-0.2, -0.15) is 0 Å². The Morgan fingerprint density at radius 3 is 2.62 bits per heavy atom. The van der Waals surface area contributed by atoms with Crippen molar-refractivity contribution in [2.45, 2.75) is 6.54 Å². The second-order valence-electron chi connectivity index (χ2n) is 3.80. The lowest BCUT2D eigenvalue weighted by Gasteiger charge is -2.05. The molecule has 0 saturated heterocycles. The molecular formula is C14H14ClN. The highest BCUT2D eigenvalue weighted by Gasteiger charge is 1.96. The molecule has 2 rings (SSSR count). The van der Waals surface area contributed by atoms with E-state index >= 15 is 0 Å². The van der Waals surface area contributed by atoms with Gasteiger partial charge in [0.05, 0.1) is 0 Å². The van der Waals surface area contributed by atoms with Crippen LogP contribution in [0.1, 0.15) is 5.56 Å². The topological polar surface area (TPSA) is 12.0 Å². The molecule has 1 nitrogen and oxygen atoms in total. The lowest BCUT2D eigenvalue weighted by molar-refractivity contribution is 0.756. The third kappa shape index (κ3) is 2.84. The highest BCUT2D eigenvalue weighted by atomic mass is 35.5. The molecule has 0 saturated carbocycles. The van der Waals surface area contributed by atoms with Crippen molar-refractivity contribution < 1.29 is 0 Å². The van der Waals surface area contributed by atoms with Crippen molar-refractivity contribution in [1.82, 2.24) is 5.32 Å². The minimum absolute atomic E-state index is 0.640. The van der Waals surface area contributed by atoms with Gasteiger partial charge in [0.2, 0.25) is 0 Å². The summed E-state index contributed by atoms with van der Waals surface area (Å²) in [6, 6.07) is 14.8. The molecule has 0 aliphatic heterocycles. The van der Waals surface area contributed by atoms with Crippen LogP contribution in [0.5, 0.6) is 0 Å². The lowest BCUT2D eigenvalue weighted by Crippen LogP contribution is -2.14. The zero-order valence-electron chi connectivity index (χ0n) is 9.04. The van der Waals surface area contributed by atoms with Gasteiger partial charge in [-0.1, -0.05) is 54.6 Å². The number of hydrogen-bond acceptors (Lipinski definition) is 1. The number of rotatable bonds is 4. The SMILES string of the molecule is C=C(Cl)CNCc1ccc2ccccc2c1. The largest absolute Gasteiger partial charge is 0.308 e. The second kappa shape index (κ2) is 5.15. The van der Waals surface area contributed by atoms with Gasteiger partial charge in [0, 0.05) is 18.1 Å². The maximum Gasteiger partial charge on any atom is 0.0310 e. The fourth-order valence-electron chi connectivity index (χ4n) is 1.69. The fourth-order valence-corrected chi connectivity index (χ4v) is 1.79. The Morgan fingerprint density at radius 1 is 1.12 bits per heavy atom. The van der Waals surface area contributed by atoms with Crippen LogP contribution in [0, 0.1) is 0 Å². The summed E-state index contributed by atoms with van der Waals surface area (Å²) in [6.07, 6.45) is 0. The summed E-state index contributed by atoms with van der Waals surface area (Å²) in [5, 5.41) is 6.42. The molecule has 0 bridgehead atoms. The third-order valence-corrected chi connectivity index (χ3v) is 2.59. The van der Waals surface area contributed by atoms with Gasteiger partial charge >= 0.3 is 0 Å². The van der Waals surface area contributed by atoms with Crippen molar-refractivity contribution in [2.24, 2.45) is 0 Å². The second-order valence-corrected chi connectivity index (χ2v) is 4.34. The molecule has 2 aromatic carbocycles. The molecule has 0 unspecified atom stereocenters. The van der Waals surface area contributed by atoms with Crippen molar-refractivity contribution in [3.63, 3.8) is 0 Å². The van der Waals surface area contributed by atoms with Crippen LogP contribution < -0.4 is 5.32 Å². The molecular weight excluding hydrogens is 218 g/mol. The Kier molecular flexibility index (Phi) is 3.60. The van der Waals surface area contributed by atoms with E-state index in [0.717, 1.165) is 6.54 Å². The third-order valence-electron chi connectivity index (χ3n) is 2.46. The van der Waals surface area contributed by atoms with Gasteiger partial charge in [0.1, 0.15) is 0 Å². The van der Waals surface area contributed by atoms with Crippen LogP contribution in [-0.4, -0.2) is 6.54 Å². The predicted octanol–water partition coefficient (Wildman–Crippen LogP) is 3.68. The van der Waals surface area contributed by atoms with E-state index in [1.165, 1.54) is 16.3 Å². The first-order valence-electron chi connectivity index (χ1n) is 5.27. The molecule has 0 atom stereocenters. The van der Waals surface area contributed by atoms with Crippen molar-refractivity contribution in [2.75, 3.05) is 6.54 Å². The molecule has 2 heteroatoms. The zero-order chi connectivity index (χ0) is 11.4. The monoisotopic (exact) mass is 231 g/mol. The summed E-state index contributed by atoms with van der Waals surface area (Å²) < 4.78 is 0. The van der Waals surface area contributed by atoms with Crippen LogP contribution in [0.2, 0.25) is 0 Å². The minimum Gasteiger partial charge on any atom is -0.308 e. The Morgan fingerprint density at radius 2 is 1.88 bits per heavy atom. The maximum absolute atomic E-state index is 5.68. The van der Waals surface area contributed by atoms with Crippen molar-refractivity contribution >= 4 is 22.4 Å². The fraction of sp³-hybridized carbons (Fsp3) is 0.143. The van der Waals surface area contributed by atoms with E-state index in [1.54, 1.807) is 0 Å². The van der Waals surface area contributed by atoms with Gasteiger partial charge in [0.15, 0.2) is 0 Å². The molecule has 0 radical (unpaired) electrons. The van der Waals surface area contributed by atoms with Crippen LogP contribution >= 0.6 is 11.6 Å². The molecule has 0 amide bonds. The van der Waals surface area contributed by atoms with E-state index in [0.29, 0.717) is 11.6 Å². The molecule has 16 heavy (non-hydrogen) atoms. The summed E-state index contributed by atoms with van der Waals surface area (Å²) in [6.45, 7) is 5.10. The molecule has 2 aromatic rings. The van der Waals surface area contributed by atoms with Crippen LogP contribution in [0.15, 0.2) is 54.1 Å². The van der Waals surface area contributed by atoms with E-state index in [2.05, 4.69) is 54.4 Å². The first-order chi connectivity index (χ1) is 7.75. The molecule has 0 aliphatic carbocycles. The van der Waals surface area contributed by atoms with Gasteiger partial charge in [-0.3, -0.25) is 0 Å². The quantitative estimate of drug-likeness (QED) is 0.847. The van der Waals surface area contributed by atoms with Gasteiger partial charge in [-0.25, -0.2) is 0 Å². The summed E-state index contributed by atoms with van der Waals surface area (Å²) in [5.74, 6) is 0. The summed E-state index contributed by atoms with van der Waals surface area (Å²) in [5.41, 5.74) is 1.26. The van der Waals surface area contributed by atoms with E-state index in [4.69, 9.17) is 11.6 Å². The summed E-state index contributed by atoms with van der Waals surface area (Å²) in [4.78, 5) is 0. The van der Waals surface area contributed by atoms with Crippen LogP contribution in [0.25, 0.3) is 10.8 Å². The molecule has 0 spiro atoms. The van der Waals surface area contributed by atoms with Crippen LogP contribution in [0.3, 0.4) is 0 Å². The smallest absolute Gasteiger partial charge is 0.0310 e. The van der Waals surface area contributed by atoms with Gasteiger partial charge in [-0.15, -0.1) is 0 Å². The molecule has 0 aliphatic rings. The Bertz CT molecular complexity index is 505. The van der Waals surface area contributed by atoms with E-state index < -0.39 is 0 Å². The number of nitrogens with one attached hydrogen (secondary N) is 1. The van der Waals surface area contributed by atoms with E-state index in [1.807, 2.05) is 0 Å². The Labute approximate surface area is 101 Å². The first-order valence-corrected chi connectivity index (χ1v) is 5.65. The summed E-state index contributed by atoms with van der Waals surface area (Å²) >= 11 is 5.68. The molecule has 82 valence electrons. The van der Waals surface area contributed by atoms with Crippen molar-refractivity contribution in [3.8, 4) is 0 Å². The highest BCUT2D eigenvalue weighted by Crippen LogP contribution is 2.15. The average molecular weight is 232 g/mol. The van der Waals surface area contributed by atoms with Gasteiger partial charge in [-0.05, 0) is 22.4 Å². The van der Waals surface area contributed by atoms with Crippen LogP contribution in [-0.2, 0) is 6.54 Å². The number of hydrogen-bond donors (Lipinski definition) is 1. The van der Waals surface area contributed by atoms with Crippen molar-refractivity contribution in [3.05, 3.63) is 59.6 Å². The lowest BCUT2D eigenvalue weighted by atomic mass is 10.1. The zero-order valence-corrected chi connectivity index (χ0v) is 9.80. The number of benzene rings is 2. The number of halogens is 1. The average Bonchev–Trinajstić information content (AvgIpc) is 2.28. The predicted molar refractivity (Wildman–Crippen MR) is 70.6 cm³/mol. The maximum atomic E-state index is 5.68. The van der Waals surface area contributed by atoms with Gasteiger partial charge < -0.3 is 5.32 Å². The Balaban J connectivity index is 2.10.